The molecule has 1 aromatic rings. The molecule has 6 nitrogen and oxygen atoms in total. The average Bonchev–Trinajstić information content (AvgIpc) is 2.91. The van der Waals surface area contributed by atoms with Crippen LogP contribution in [0.1, 0.15) is 19.8 Å². The molecular weight excluding hydrogens is 288 g/mol. The van der Waals surface area contributed by atoms with Crippen LogP contribution < -0.4 is 5.32 Å². The van der Waals surface area contributed by atoms with Crippen LogP contribution in [0.5, 0.6) is 0 Å². The maximum atomic E-state index is 12.2. The molecule has 0 amide bonds. The summed E-state index contributed by atoms with van der Waals surface area (Å²) in [6.07, 6.45) is 4.59. The third-order valence-electron chi connectivity index (χ3n) is 3.35. The van der Waals surface area contributed by atoms with Gasteiger partial charge in [-0.15, -0.1) is 12.4 Å². The Morgan fingerprint density at radius 2 is 2.16 bits per heavy atom. The van der Waals surface area contributed by atoms with Crippen LogP contribution in [0.4, 0.5) is 0 Å². The molecule has 0 atom stereocenters. The number of piperidine rings is 1. The third-order valence-corrected chi connectivity index (χ3v) is 5.17. The maximum Gasteiger partial charge on any atom is 0.260 e. The highest BCUT2D eigenvalue weighted by Crippen LogP contribution is 2.22. The summed E-state index contributed by atoms with van der Waals surface area (Å²) in [6, 6.07) is 0. The summed E-state index contributed by atoms with van der Waals surface area (Å²) < 4.78 is 26.0. The van der Waals surface area contributed by atoms with Crippen molar-refractivity contribution in [2.24, 2.45) is 5.92 Å². The Bertz CT molecular complexity index is 455. The van der Waals surface area contributed by atoms with E-state index in [0.29, 0.717) is 19.0 Å². The molecule has 2 rings (SSSR count). The van der Waals surface area contributed by atoms with E-state index in [1.807, 2.05) is 0 Å². The molecule has 2 heterocycles. The van der Waals surface area contributed by atoms with Crippen molar-refractivity contribution in [3.05, 3.63) is 12.5 Å². The second kappa shape index (κ2) is 7.23. The number of aromatic nitrogens is 2. The molecule has 19 heavy (non-hydrogen) atoms. The minimum Gasteiger partial charge on any atom is -0.335 e. The zero-order valence-electron chi connectivity index (χ0n) is 11.0. The van der Waals surface area contributed by atoms with E-state index < -0.39 is 10.0 Å². The molecule has 0 spiro atoms. The summed E-state index contributed by atoms with van der Waals surface area (Å²) >= 11 is 0. The first-order valence-electron chi connectivity index (χ1n) is 6.34. The lowest BCUT2D eigenvalue weighted by Gasteiger charge is -2.30. The van der Waals surface area contributed by atoms with Gasteiger partial charge >= 0.3 is 0 Å². The number of sulfonamides is 1. The van der Waals surface area contributed by atoms with Crippen LogP contribution in [0.25, 0.3) is 0 Å². The van der Waals surface area contributed by atoms with E-state index in [0.717, 1.165) is 25.9 Å². The van der Waals surface area contributed by atoms with Gasteiger partial charge in [-0.25, -0.2) is 13.4 Å². The monoisotopic (exact) mass is 308 g/mol. The molecule has 0 bridgehead atoms. The van der Waals surface area contributed by atoms with Crippen molar-refractivity contribution in [2.75, 3.05) is 26.2 Å². The summed E-state index contributed by atoms with van der Waals surface area (Å²) in [6.45, 7) is 5.22. The molecule has 0 saturated carbocycles. The van der Waals surface area contributed by atoms with Gasteiger partial charge in [-0.3, -0.25) is 0 Å². The molecule has 2 N–H and O–H groups in total. The number of hydrogen-bond donors (Lipinski definition) is 2. The number of H-pyrrole nitrogens is 1. The molecule has 0 aliphatic carbocycles. The van der Waals surface area contributed by atoms with E-state index in [1.165, 1.54) is 12.5 Å². The van der Waals surface area contributed by atoms with Crippen LogP contribution in [0.15, 0.2) is 17.6 Å². The quantitative estimate of drug-likeness (QED) is 0.845. The fourth-order valence-electron chi connectivity index (χ4n) is 2.23. The standard InChI is InChI=1S/C11H20N4O2S.ClH/c1-2-12-7-10-3-5-15(6-4-10)18(16,17)11-8-13-9-14-11;/h8-10,12H,2-7H2,1H3,(H,13,14);1H. The molecule has 0 unspecified atom stereocenters. The van der Waals surface area contributed by atoms with Crippen molar-refractivity contribution in [3.63, 3.8) is 0 Å². The van der Waals surface area contributed by atoms with Gasteiger partial charge in [0.25, 0.3) is 10.0 Å². The number of rotatable bonds is 5. The van der Waals surface area contributed by atoms with Crippen molar-refractivity contribution in [1.29, 1.82) is 0 Å². The Morgan fingerprint density at radius 1 is 1.47 bits per heavy atom. The molecule has 110 valence electrons. The minimum atomic E-state index is -3.37. The maximum absolute atomic E-state index is 12.2. The van der Waals surface area contributed by atoms with Crippen molar-refractivity contribution >= 4 is 22.4 Å². The number of halogens is 1. The predicted octanol–water partition coefficient (Wildman–Crippen LogP) is 0.842. The van der Waals surface area contributed by atoms with Gasteiger partial charge in [0, 0.05) is 13.1 Å². The molecule has 1 aromatic heterocycles. The van der Waals surface area contributed by atoms with Gasteiger partial charge in [-0.2, -0.15) is 4.31 Å². The third kappa shape index (κ3) is 3.92. The fourth-order valence-corrected chi connectivity index (χ4v) is 3.59. The molecule has 8 heteroatoms. The van der Waals surface area contributed by atoms with Gasteiger partial charge in [0.15, 0.2) is 5.03 Å². The van der Waals surface area contributed by atoms with Crippen LogP contribution in [-0.4, -0.2) is 48.9 Å². The fraction of sp³-hybridized carbons (Fsp3) is 0.727. The lowest BCUT2D eigenvalue weighted by atomic mass is 9.98. The van der Waals surface area contributed by atoms with Crippen LogP contribution in [0.3, 0.4) is 0 Å². The predicted molar refractivity (Wildman–Crippen MR) is 75.9 cm³/mol. The second-order valence-electron chi connectivity index (χ2n) is 4.57. The topological polar surface area (TPSA) is 78.1 Å². The highest BCUT2D eigenvalue weighted by molar-refractivity contribution is 7.89. The van der Waals surface area contributed by atoms with Crippen molar-refractivity contribution in [3.8, 4) is 0 Å². The Kier molecular flexibility index (Phi) is 6.25. The second-order valence-corrected chi connectivity index (χ2v) is 6.48. The first-order valence-corrected chi connectivity index (χ1v) is 7.78. The van der Waals surface area contributed by atoms with E-state index in [1.54, 1.807) is 4.31 Å². The summed E-state index contributed by atoms with van der Waals surface area (Å²) in [5, 5.41) is 3.50. The van der Waals surface area contributed by atoms with E-state index in [4.69, 9.17) is 0 Å². The number of imidazole rings is 1. The van der Waals surface area contributed by atoms with Crippen molar-refractivity contribution in [2.45, 2.75) is 24.8 Å². The highest BCUT2D eigenvalue weighted by atomic mass is 35.5. The van der Waals surface area contributed by atoms with E-state index in [-0.39, 0.29) is 17.4 Å². The Hall–Kier alpha value is -0.630. The summed E-state index contributed by atoms with van der Waals surface area (Å²) in [7, 11) is -3.37. The summed E-state index contributed by atoms with van der Waals surface area (Å²) in [4.78, 5) is 6.43. The van der Waals surface area contributed by atoms with Crippen LogP contribution in [0, 0.1) is 5.92 Å². The molecule has 0 radical (unpaired) electrons. The van der Waals surface area contributed by atoms with Gasteiger partial charge in [-0.05, 0) is 31.8 Å². The minimum absolute atomic E-state index is 0. The number of aromatic amines is 1. The number of nitrogens with one attached hydrogen (secondary N) is 2. The van der Waals surface area contributed by atoms with Gasteiger partial charge in [0.05, 0.1) is 12.5 Å². The lowest BCUT2D eigenvalue weighted by molar-refractivity contribution is 0.268. The van der Waals surface area contributed by atoms with Crippen LogP contribution >= 0.6 is 12.4 Å². The Labute approximate surface area is 120 Å². The van der Waals surface area contributed by atoms with Gasteiger partial charge in [0.2, 0.25) is 0 Å². The molecule has 1 aliphatic heterocycles. The molecule has 1 fully saturated rings. The molecule has 0 aromatic carbocycles. The Morgan fingerprint density at radius 3 is 2.68 bits per heavy atom. The summed E-state index contributed by atoms with van der Waals surface area (Å²) in [5.41, 5.74) is 0. The van der Waals surface area contributed by atoms with E-state index in [9.17, 15) is 8.42 Å². The van der Waals surface area contributed by atoms with Crippen molar-refractivity contribution < 1.29 is 8.42 Å². The highest BCUT2D eigenvalue weighted by Gasteiger charge is 2.29. The molecular formula is C11H21ClN4O2S. The van der Waals surface area contributed by atoms with Crippen LogP contribution in [0.2, 0.25) is 0 Å². The Balaban J connectivity index is 0.00000180. The molecule has 1 saturated heterocycles. The van der Waals surface area contributed by atoms with E-state index in [2.05, 4.69) is 22.2 Å². The number of nitrogens with zero attached hydrogens (tertiary/aromatic N) is 2. The van der Waals surface area contributed by atoms with Gasteiger partial charge in [0.1, 0.15) is 0 Å². The SMILES string of the molecule is CCNCC1CCN(S(=O)(=O)c2cnc[nH]2)CC1.Cl. The van der Waals surface area contributed by atoms with Gasteiger partial charge < -0.3 is 10.3 Å². The largest absolute Gasteiger partial charge is 0.335 e. The first-order chi connectivity index (χ1) is 8.64. The smallest absolute Gasteiger partial charge is 0.260 e. The normalized spacial score (nSPS) is 18.2. The molecule has 1 aliphatic rings. The van der Waals surface area contributed by atoms with E-state index >= 15 is 0 Å². The van der Waals surface area contributed by atoms with Crippen molar-refractivity contribution in [1.82, 2.24) is 19.6 Å². The van der Waals surface area contributed by atoms with Crippen LogP contribution in [-0.2, 0) is 10.0 Å². The number of hydrogen-bond acceptors (Lipinski definition) is 4. The van der Waals surface area contributed by atoms with Gasteiger partial charge in [-0.1, -0.05) is 6.92 Å². The zero-order chi connectivity index (χ0) is 13.0. The summed E-state index contributed by atoms with van der Waals surface area (Å²) in [5.74, 6) is 0.582. The zero-order valence-corrected chi connectivity index (χ0v) is 12.6. The average molecular weight is 309 g/mol. The first kappa shape index (κ1) is 16.4. The lowest BCUT2D eigenvalue weighted by Crippen LogP contribution is -2.40.